The molecule has 0 amide bonds. The molecule has 0 aliphatic heterocycles. The summed E-state index contributed by atoms with van der Waals surface area (Å²) in [4.78, 5) is 11.1. The minimum atomic E-state index is 0.685. The quantitative estimate of drug-likeness (QED) is 0.665. The Morgan fingerprint density at radius 1 is 0.857 bits per heavy atom. The normalized spacial score (nSPS) is 12.8. The molecular weight excluding hydrogens is 298 g/mol. The SMILES string of the molecule is CN=c1ssc(=NCc2ccccc2)n1-c1ccccc1. The molecule has 0 unspecified atom stereocenters. The Hall–Kier alpha value is -1.98. The standard InChI is InChI=1S/C16H15N3S2/c1-17-15-19(14-10-6-3-7-11-14)16(21-20-15)18-12-13-8-4-2-5-9-13/h2-11H,12H2,1H3. The third-order valence-corrected chi connectivity index (χ3v) is 5.22. The topological polar surface area (TPSA) is 29.6 Å². The molecule has 5 heteroatoms. The van der Waals surface area contributed by atoms with E-state index in [4.69, 9.17) is 4.99 Å². The van der Waals surface area contributed by atoms with Crippen molar-refractivity contribution in [1.82, 2.24) is 4.57 Å². The average Bonchev–Trinajstić information content (AvgIpc) is 2.97. The highest BCUT2D eigenvalue weighted by molar-refractivity contribution is 7.67. The molecule has 3 nitrogen and oxygen atoms in total. The summed E-state index contributed by atoms with van der Waals surface area (Å²) in [6.07, 6.45) is 0. The summed E-state index contributed by atoms with van der Waals surface area (Å²) in [5, 5.41) is 0. The number of aromatic nitrogens is 1. The monoisotopic (exact) mass is 313 g/mol. The van der Waals surface area contributed by atoms with Crippen LogP contribution in [0.1, 0.15) is 5.56 Å². The number of benzene rings is 2. The molecule has 0 aliphatic rings. The zero-order valence-corrected chi connectivity index (χ0v) is 13.3. The van der Waals surface area contributed by atoms with Gasteiger partial charge < -0.3 is 0 Å². The fraction of sp³-hybridized carbons (Fsp3) is 0.125. The van der Waals surface area contributed by atoms with Crippen LogP contribution in [0, 0.1) is 0 Å². The van der Waals surface area contributed by atoms with Crippen LogP contribution in [-0.2, 0) is 6.54 Å². The van der Waals surface area contributed by atoms with E-state index in [1.807, 2.05) is 43.4 Å². The smallest absolute Gasteiger partial charge is 0.202 e. The average molecular weight is 313 g/mol. The van der Waals surface area contributed by atoms with Crippen molar-refractivity contribution in [3.05, 3.63) is 75.8 Å². The molecule has 0 saturated heterocycles. The first kappa shape index (κ1) is 14.0. The Balaban J connectivity index is 2.06. The summed E-state index contributed by atoms with van der Waals surface area (Å²) < 4.78 is 2.11. The maximum Gasteiger partial charge on any atom is 0.202 e. The number of para-hydroxylation sites is 1. The molecule has 1 heterocycles. The predicted molar refractivity (Wildman–Crippen MR) is 88.7 cm³/mol. The number of nitrogens with zero attached hydrogens (tertiary/aromatic N) is 3. The van der Waals surface area contributed by atoms with Gasteiger partial charge in [0.25, 0.3) is 0 Å². The third-order valence-electron chi connectivity index (χ3n) is 3.02. The lowest BCUT2D eigenvalue weighted by atomic mass is 10.2. The first-order valence-electron chi connectivity index (χ1n) is 6.63. The molecule has 0 N–H and O–H groups in total. The van der Waals surface area contributed by atoms with Crippen LogP contribution in [0.2, 0.25) is 0 Å². The largest absolute Gasteiger partial charge is 0.261 e. The van der Waals surface area contributed by atoms with E-state index in [1.54, 1.807) is 20.7 Å². The van der Waals surface area contributed by atoms with Gasteiger partial charge in [0.05, 0.1) is 12.2 Å². The van der Waals surface area contributed by atoms with E-state index in [0.29, 0.717) is 6.54 Å². The highest BCUT2D eigenvalue weighted by Gasteiger charge is 2.03. The minimum absolute atomic E-state index is 0.685. The molecule has 0 spiro atoms. The van der Waals surface area contributed by atoms with Crippen molar-refractivity contribution in [1.29, 1.82) is 0 Å². The van der Waals surface area contributed by atoms with Gasteiger partial charge in [-0.15, -0.1) is 0 Å². The number of hydrogen-bond donors (Lipinski definition) is 0. The van der Waals surface area contributed by atoms with Crippen molar-refractivity contribution in [3.8, 4) is 5.69 Å². The van der Waals surface area contributed by atoms with E-state index in [2.05, 4.69) is 33.8 Å². The summed E-state index contributed by atoms with van der Waals surface area (Å²) in [6.45, 7) is 0.685. The van der Waals surface area contributed by atoms with Gasteiger partial charge in [-0.05, 0) is 38.4 Å². The summed E-state index contributed by atoms with van der Waals surface area (Å²) in [7, 11) is 5.13. The molecule has 0 fully saturated rings. The van der Waals surface area contributed by atoms with Crippen LogP contribution in [-0.4, -0.2) is 11.6 Å². The van der Waals surface area contributed by atoms with Crippen molar-refractivity contribution < 1.29 is 0 Å². The van der Waals surface area contributed by atoms with E-state index in [0.717, 1.165) is 15.3 Å². The van der Waals surface area contributed by atoms with Gasteiger partial charge >= 0.3 is 0 Å². The van der Waals surface area contributed by atoms with Crippen LogP contribution in [0.5, 0.6) is 0 Å². The molecule has 0 bridgehead atoms. The first-order chi connectivity index (χ1) is 10.4. The van der Waals surface area contributed by atoms with Gasteiger partial charge in [0.1, 0.15) is 0 Å². The summed E-state index contributed by atoms with van der Waals surface area (Å²) in [5.41, 5.74) is 2.31. The Kier molecular flexibility index (Phi) is 4.43. The highest BCUT2D eigenvalue weighted by Crippen LogP contribution is 2.06. The third kappa shape index (κ3) is 3.20. The second-order valence-corrected chi connectivity index (χ2v) is 6.49. The molecule has 0 atom stereocenters. The van der Waals surface area contributed by atoms with Gasteiger partial charge in [0, 0.05) is 7.05 Å². The molecule has 21 heavy (non-hydrogen) atoms. The van der Waals surface area contributed by atoms with Crippen molar-refractivity contribution in [2.45, 2.75) is 6.54 Å². The second kappa shape index (κ2) is 6.65. The summed E-state index contributed by atoms with van der Waals surface area (Å²) in [5.74, 6) is 0. The highest BCUT2D eigenvalue weighted by atomic mass is 32.9. The molecule has 0 radical (unpaired) electrons. The Morgan fingerprint density at radius 2 is 1.48 bits per heavy atom. The maximum absolute atomic E-state index is 4.75. The van der Waals surface area contributed by atoms with Gasteiger partial charge in [-0.25, -0.2) is 0 Å². The van der Waals surface area contributed by atoms with Crippen molar-refractivity contribution >= 4 is 20.7 Å². The Morgan fingerprint density at radius 3 is 2.14 bits per heavy atom. The zero-order chi connectivity index (χ0) is 14.5. The van der Waals surface area contributed by atoms with E-state index in [1.165, 1.54) is 5.56 Å². The number of hydrogen-bond acceptors (Lipinski definition) is 4. The van der Waals surface area contributed by atoms with Crippen molar-refractivity contribution in [2.24, 2.45) is 9.98 Å². The van der Waals surface area contributed by atoms with Gasteiger partial charge in [0.2, 0.25) is 9.60 Å². The predicted octanol–water partition coefficient (Wildman–Crippen LogP) is 3.23. The van der Waals surface area contributed by atoms with E-state index >= 15 is 0 Å². The van der Waals surface area contributed by atoms with E-state index in [-0.39, 0.29) is 0 Å². The van der Waals surface area contributed by atoms with Gasteiger partial charge in [0.15, 0.2) is 0 Å². The molecule has 3 rings (SSSR count). The summed E-state index contributed by atoms with van der Waals surface area (Å²) >= 11 is 0. The summed E-state index contributed by atoms with van der Waals surface area (Å²) in [6, 6.07) is 20.5. The van der Waals surface area contributed by atoms with Gasteiger partial charge in [-0.3, -0.25) is 14.6 Å². The lowest BCUT2D eigenvalue weighted by Crippen LogP contribution is -2.24. The minimum Gasteiger partial charge on any atom is -0.261 e. The van der Waals surface area contributed by atoms with Gasteiger partial charge in [-0.2, -0.15) is 0 Å². The van der Waals surface area contributed by atoms with E-state index < -0.39 is 0 Å². The fourth-order valence-electron chi connectivity index (χ4n) is 2.01. The lowest BCUT2D eigenvalue weighted by molar-refractivity contribution is 0.888. The van der Waals surface area contributed by atoms with Gasteiger partial charge in [-0.1, -0.05) is 48.5 Å². The van der Waals surface area contributed by atoms with Crippen molar-refractivity contribution in [2.75, 3.05) is 7.05 Å². The van der Waals surface area contributed by atoms with Crippen LogP contribution in [0.15, 0.2) is 70.6 Å². The molecule has 106 valence electrons. The fourth-order valence-corrected chi connectivity index (χ4v) is 4.21. The Bertz CT molecular complexity index is 827. The molecule has 0 aliphatic carbocycles. The Labute approximate surface area is 130 Å². The molecule has 0 saturated carbocycles. The van der Waals surface area contributed by atoms with Crippen LogP contribution in [0.3, 0.4) is 0 Å². The second-order valence-electron chi connectivity index (χ2n) is 4.43. The molecule has 3 aromatic rings. The van der Waals surface area contributed by atoms with Crippen LogP contribution in [0.4, 0.5) is 0 Å². The van der Waals surface area contributed by atoms with Crippen molar-refractivity contribution in [3.63, 3.8) is 0 Å². The van der Waals surface area contributed by atoms with Crippen LogP contribution in [0.25, 0.3) is 5.69 Å². The first-order valence-corrected chi connectivity index (χ1v) is 8.78. The molecule has 1 aromatic heterocycles. The molecular formula is C16H15N3S2. The maximum atomic E-state index is 4.75. The van der Waals surface area contributed by atoms with E-state index in [9.17, 15) is 0 Å². The molecule has 2 aromatic carbocycles. The lowest BCUT2D eigenvalue weighted by Gasteiger charge is -2.02. The van der Waals surface area contributed by atoms with Crippen LogP contribution >= 0.6 is 20.7 Å². The zero-order valence-electron chi connectivity index (χ0n) is 11.6. The number of rotatable bonds is 3. The van der Waals surface area contributed by atoms with Crippen LogP contribution < -0.4 is 9.60 Å².